The van der Waals surface area contributed by atoms with E-state index < -0.39 is 5.97 Å². The third kappa shape index (κ3) is 3.90. The number of nitrogens with zero attached hydrogens (tertiary/aromatic N) is 4. The second-order valence-electron chi connectivity index (χ2n) is 3.30. The molecule has 0 bridgehead atoms. The van der Waals surface area contributed by atoms with Crippen molar-refractivity contribution in [3.63, 3.8) is 0 Å². The Balaban J connectivity index is 2.70. The lowest BCUT2D eigenvalue weighted by Crippen LogP contribution is -2.24. The summed E-state index contributed by atoms with van der Waals surface area (Å²) in [4.78, 5) is 16.2. The molecule has 0 saturated carbocycles. The van der Waals surface area contributed by atoms with Crippen LogP contribution in [0, 0.1) is 22.7 Å². The second-order valence-corrected chi connectivity index (χ2v) is 3.30. The smallest absolute Gasteiger partial charge is 0.337 e. The highest BCUT2D eigenvalue weighted by molar-refractivity contribution is 5.87. The Kier molecular flexibility index (Phi) is 4.61. The molecule has 0 amide bonds. The van der Waals surface area contributed by atoms with E-state index >= 15 is 0 Å². The number of hydrogen-bond donors (Lipinski definition) is 1. The molecule has 0 spiro atoms. The summed E-state index contributed by atoms with van der Waals surface area (Å²) in [7, 11) is 0. The highest BCUT2D eigenvalue weighted by atomic mass is 16.4. The molecule has 6 nitrogen and oxygen atoms in total. The molecule has 1 rings (SSSR count). The Morgan fingerprint density at radius 3 is 2.41 bits per heavy atom. The van der Waals surface area contributed by atoms with Gasteiger partial charge in [-0.15, -0.1) is 0 Å². The molecule has 0 radical (unpaired) electrons. The average molecular weight is 230 g/mol. The maximum Gasteiger partial charge on any atom is 0.337 e. The van der Waals surface area contributed by atoms with E-state index in [1.54, 1.807) is 11.0 Å². The molecule has 0 unspecified atom stereocenters. The number of carboxylic acid groups (broad SMARTS) is 1. The maximum atomic E-state index is 10.6. The number of nitriles is 2. The number of pyridine rings is 1. The van der Waals surface area contributed by atoms with Crippen molar-refractivity contribution in [1.29, 1.82) is 10.5 Å². The molecule has 0 atom stereocenters. The largest absolute Gasteiger partial charge is 0.478 e. The topological polar surface area (TPSA) is 101 Å². The Labute approximate surface area is 98.3 Å². The summed E-state index contributed by atoms with van der Waals surface area (Å²) < 4.78 is 0. The zero-order valence-corrected chi connectivity index (χ0v) is 9.00. The van der Waals surface area contributed by atoms with Crippen molar-refractivity contribution in [3.05, 3.63) is 29.6 Å². The summed E-state index contributed by atoms with van der Waals surface area (Å²) in [5, 5.41) is 25.8. The Bertz CT molecular complexity index is 454. The molecule has 17 heavy (non-hydrogen) atoms. The average Bonchev–Trinajstić information content (AvgIpc) is 2.30. The number of aromatic carboxylic acids is 1. The van der Waals surface area contributed by atoms with E-state index in [4.69, 9.17) is 15.6 Å². The van der Waals surface area contributed by atoms with Gasteiger partial charge in [0.15, 0.2) is 0 Å². The lowest BCUT2D eigenvalue weighted by Gasteiger charge is -2.14. The standard InChI is InChI=1S/C11H10N4O2/c12-3-5-15(6-4-13)8-10-2-1-9(7-14-10)11(16)17/h1-2,7H,5-6,8H2,(H,16,17). The third-order valence-electron chi connectivity index (χ3n) is 2.05. The summed E-state index contributed by atoms with van der Waals surface area (Å²) in [6, 6.07) is 6.93. The summed E-state index contributed by atoms with van der Waals surface area (Å²) in [6.45, 7) is 0.618. The van der Waals surface area contributed by atoms with E-state index in [0.29, 0.717) is 12.2 Å². The van der Waals surface area contributed by atoms with Crippen molar-refractivity contribution in [2.75, 3.05) is 13.1 Å². The fraction of sp³-hybridized carbons (Fsp3) is 0.273. The van der Waals surface area contributed by atoms with Crippen LogP contribution in [0.3, 0.4) is 0 Å². The molecule has 0 aliphatic rings. The first-order chi connectivity index (χ1) is 8.17. The molecule has 1 aromatic rings. The lowest BCUT2D eigenvalue weighted by atomic mass is 10.2. The lowest BCUT2D eigenvalue weighted by molar-refractivity contribution is 0.0696. The van der Waals surface area contributed by atoms with Crippen molar-refractivity contribution in [3.8, 4) is 12.1 Å². The monoisotopic (exact) mass is 230 g/mol. The SMILES string of the molecule is N#CCN(CC#N)Cc1ccc(C(=O)O)cn1. The number of hydrogen-bond acceptors (Lipinski definition) is 5. The van der Waals surface area contributed by atoms with Crippen LogP contribution in [0.25, 0.3) is 0 Å². The van der Waals surface area contributed by atoms with Crippen LogP contribution < -0.4 is 0 Å². The van der Waals surface area contributed by atoms with Crippen LogP contribution >= 0.6 is 0 Å². The van der Waals surface area contributed by atoms with Crippen molar-refractivity contribution < 1.29 is 9.90 Å². The Morgan fingerprint density at radius 1 is 1.35 bits per heavy atom. The molecule has 1 heterocycles. The molecule has 0 aliphatic carbocycles. The van der Waals surface area contributed by atoms with Gasteiger partial charge in [-0.3, -0.25) is 9.88 Å². The van der Waals surface area contributed by atoms with Gasteiger partial charge in [0.1, 0.15) is 0 Å². The first kappa shape index (κ1) is 12.6. The summed E-state index contributed by atoms with van der Waals surface area (Å²) in [5.74, 6) is -1.03. The quantitative estimate of drug-likeness (QED) is 0.744. The van der Waals surface area contributed by atoms with Gasteiger partial charge < -0.3 is 5.11 Å². The van der Waals surface area contributed by atoms with Crippen LogP contribution in [0.4, 0.5) is 0 Å². The molecular formula is C11H10N4O2. The van der Waals surface area contributed by atoms with Gasteiger partial charge in [0.2, 0.25) is 0 Å². The molecule has 1 N–H and O–H groups in total. The first-order valence-corrected chi connectivity index (χ1v) is 4.82. The molecule has 0 aliphatic heterocycles. The van der Waals surface area contributed by atoms with E-state index in [9.17, 15) is 4.79 Å². The number of aromatic nitrogens is 1. The van der Waals surface area contributed by atoms with E-state index in [0.717, 1.165) is 0 Å². The van der Waals surface area contributed by atoms with Crippen molar-refractivity contribution in [2.45, 2.75) is 6.54 Å². The zero-order valence-electron chi connectivity index (χ0n) is 9.00. The maximum absolute atomic E-state index is 10.6. The number of carbonyl (C=O) groups is 1. The normalized spacial score (nSPS) is 9.59. The van der Waals surface area contributed by atoms with Crippen LogP contribution in [-0.2, 0) is 6.54 Å². The highest BCUT2D eigenvalue weighted by Gasteiger charge is 2.07. The summed E-state index contributed by atoms with van der Waals surface area (Å²) >= 11 is 0. The predicted molar refractivity (Wildman–Crippen MR) is 57.7 cm³/mol. The molecule has 0 fully saturated rings. The van der Waals surface area contributed by atoms with Gasteiger partial charge in [-0.05, 0) is 12.1 Å². The summed E-state index contributed by atoms with van der Waals surface area (Å²) in [5.41, 5.74) is 0.737. The second kappa shape index (κ2) is 6.21. The number of rotatable bonds is 5. The van der Waals surface area contributed by atoms with Gasteiger partial charge in [0.05, 0.1) is 36.5 Å². The minimum absolute atomic E-state index is 0.112. The molecule has 86 valence electrons. The fourth-order valence-electron chi connectivity index (χ4n) is 1.24. The van der Waals surface area contributed by atoms with Gasteiger partial charge in [-0.2, -0.15) is 10.5 Å². The van der Waals surface area contributed by atoms with Gasteiger partial charge in [0.25, 0.3) is 0 Å². The van der Waals surface area contributed by atoms with Gasteiger partial charge >= 0.3 is 5.97 Å². The van der Waals surface area contributed by atoms with Crippen LogP contribution in [0.1, 0.15) is 16.1 Å². The van der Waals surface area contributed by atoms with Crippen molar-refractivity contribution in [2.24, 2.45) is 0 Å². The molecule has 6 heteroatoms. The molecule has 1 aromatic heterocycles. The number of carboxylic acids is 1. The molecular weight excluding hydrogens is 220 g/mol. The zero-order chi connectivity index (χ0) is 12.7. The van der Waals surface area contributed by atoms with Gasteiger partial charge in [-0.1, -0.05) is 0 Å². The van der Waals surface area contributed by atoms with Crippen LogP contribution in [0.2, 0.25) is 0 Å². The van der Waals surface area contributed by atoms with Gasteiger partial charge in [-0.25, -0.2) is 4.79 Å². The molecule has 0 aromatic carbocycles. The Morgan fingerprint density at radius 2 is 2.00 bits per heavy atom. The minimum atomic E-state index is -1.03. The van der Waals surface area contributed by atoms with E-state index in [-0.39, 0.29) is 18.7 Å². The van der Waals surface area contributed by atoms with Crippen LogP contribution in [0.15, 0.2) is 18.3 Å². The predicted octanol–water partition coefficient (Wildman–Crippen LogP) is 0.629. The first-order valence-electron chi connectivity index (χ1n) is 4.82. The fourth-order valence-corrected chi connectivity index (χ4v) is 1.24. The Hall–Kier alpha value is -2.44. The van der Waals surface area contributed by atoms with Crippen LogP contribution in [0.5, 0.6) is 0 Å². The van der Waals surface area contributed by atoms with Crippen molar-refractivity contribution in [1.82, 2.24) is 9.88 Å². The van der Waals surface area contributed by atoms with E-state index in [1.165, 1.54) is 12.3 Å². The minimum Gasteiger partial charge on any atom is -0.478 e. The van der Waals surface area contributed by atoms with Crippen molar-refractivity contribution >= 4 is 5.97 Å². The van der Waals surface area contributed by atoms with E-state index in [2.05, 4.69) is 4.98 Å². The molecule has 0 saturated heterocycles. The van der Waals surface area contributed by atoms with E-state index in [1.807, 2.05) is 12.1 Å². The van der Waals surface area contributed by atoms with Crippen LogP contribution in [-0.4, -0.2) is 34.0 Å². The summed E-state index contributed by atoms with van der Waals surface area (Å²) in [6.07, 6.45) is 1.26. The third-order valence-corrected chi connectivity index (χ3v) is 2.05. The highest BCUT2D eigenvalue weighted by Crippen LogP contribution is 2.03. The van der Waals surface area contributed by atoms with Gasteiger partial charge in [0, 0.05) is 12.7 Å².